The first-order valence-electron chi connectivity index (χ1n) is 6.20. The van der Waals surface area contributed by atoms with Crippen LogP contribution in [-0.4, -0.2) is 79.8 Å². The van der Waals surface area contributed by atoms with Crippen molar-refractivity contribution in [2.24, 2.45) is 0 Å². The number of nitrogens with one attached hydrogen (secondary N) is 1. The molecule has 2 aliphatic rings. The van der Waals surface area contributed by atoms with E-state index in [2.05, 4.69) is 5.32 Å². The predicted molar refractivity (Wildman–Crippen MR) is 76.5 cm³/mol. The maximum atomic E-state index is 11.8. The van der Waals surface area contributed by atoms with E-state index in [0.29, 0.717) is 0 Å². The minimum absolute atomic E-state index is 0.637. The molecule has 0 amide bonds. The van der Waals surface area contributed by atoms with E-state index in [1.807, 2.05) is 0 Å². The first-order valence-corrected chi connectivity index (χ1v) is 13.0. The summed E-state index contributed by atoms with van der Waals surface area (Å²) in [6, 6.07) is 0. The van der Waals surface area contributed by atoms with Crippen LogP contribution in [0.2, 0.25) is 0 Å². The maximum Gasteiger partial charge on any atom is 0.528 e. The van der Waals surface area contributed by atoms with Gasteiger partial charge in [-0.15, -0.1) is 0 Å². The third-order valence-electron chi connectivity index (χ3n) is 4.32. The molecule has 2 rings (SSSR count). The highest BCUT2D eigenvalue weighted by Crippen LogP contribution is 2.81. The van der Waals surface area contributed by atoms with E-state index in [1.54, 1.807) is 0 Å². The van der Waals surface area contributed by atoms with Crippen LogP contribution in [0, 0.1) is 0 Å². The third-order valence-corrected chi connectivity index (χ3v) is 9.56. The molecule has 0 aliphatic carbocycles. The molecule has 3 unspecified atom stereocenters. The molecule has 2 saturated heterocycles. The molecule has 2 aliphatic heterocycles. The molecule has 3 atom stereocenters. The number of quaternary nitrogens is 1. The zero-order valence-electron chi connectivity index (χ0n) is 11.8. The molecular formula is C6H17N2O12P4+. The van der Waals surface area contributed by atoms with E-state index in [1.165, 1.54) is 0 Å². The van der Waals surface area contributed by atoms with Crippen molar-refractivity contribution in [2.75, 3.05) is 25.4 Å². The van der Waals surface area contributed by atoms with Gasteiger partial charge >= 0.3 is 30.5 Å². The van der Waals surface area contributed by atoms with Crippen molar-refractivity contribution < 1.29 is 61.7 Å². The van der Waals surface area contributed by atoms with Gasteiger partial charge < -0.3 is 29.4 Å². The summed E-state index contributed by atoms with van der Waals surface area (Å²) in [5.74, 6) is 0. The lowest BCUT2D eigenvalue weighted by molar-refractivity contribution is -0.704. The smallest absolute Gasteiger partial charge is 0.324 e. The second-order valence-electron chi connectivity index (χ2n) is 5.92. The number of hydrogen-bond donors (Lipinski definition) is 9. The van der Waals surface area contributed by atoms with E-state index in [0.717, 1.165) is 0 Å². The summed E-state index contributed by atoms with van der Waals surface area (Å²) in [7, 11) is -20.1. The fraction of sp³-hybridized carbons (Fsp3) is 1.00. The first kappa shape index (κ1) is 20.8. The molecule has 0 aromatic carbocycles. The lowest BCUT2D eigenvalue weighted by Gasteiger charge is -2.22. The topological polar surface area (TPSA) is 252 Å². The number of rotatable bonds is 7. The van der Waals surface area contributed by atoms with Gasteiger partial charge in [0.2, 0.25) is 10.9 Å². The zero-order valence-corrected chi connectivity index (χ0v) is 15.4. The van der Waals surface area contributed by atoms with Gasteiger partial charge in [-0.3, -0.25) is 23.5 Å². The van der Waals surface area contributed by atoms with E-state index in [-0.39, 0.29) is 0 Å². The van der Waals surface area contributed by atoms with Crippen molar-refractivity contribution in [2.45, 2.75) is 10.9 Å². The average Bonchev–Trinajstić information content (AvgIpc) is 3.08. The Morgan fingerprint density at radius 2 is 1.38 bits per heavy atom. The Morgan fingerprint density at radius 1 is 0.875 bits per heavy atom. The standard InChI is InChI=1S/C6H16N2O12P4/c9-21(10,11)2-1-8(24(18,19)20)3-5(8)6(7-5,23(15,16)17)4-22(12,13)14/h7H,1-4H2,(H7-,9,10,11,12,13,14,15,16,17,18,19,20)/p+1. The monoisotopic (exact) mass is 433 g/mol. The van der Waals surface area contributed by atoms with Crippen LogP contribution in [0.25, 0.3) is 0 Å². The maximum absolute atomic E-state index is 11.8. The summed E-state index contributed by atoms with van der Waals surface area (Å²) in [6.07, 6.45) is -2.35. The van der Waals surface area contributed by atoms with Crippen LogP contribution in [-0.2, 0) is 18.3 Å². The van der Waals surface area contributed by atoms with Crippen molar-refractivity contribution in [3.8, 4) is 0 Å². The van der Waals surface area contributed by atoms with Gasteiger partial charge in [0.05, 0.1) is 18.9 Å². The Balaban J connectivity index is 2.44. The molecule has 0 saturated carbocycles. The Kier molecular flexibility index (Phi) is 4.58. The highest BCUT2D eigenvalue weighted by molar-refractivity contribution is 7.58. The number of nitrogens with zero attached hydrogens (tertiary/aromatic N) is 1. The molecule has 142 valence electrons. The highest BCUT2D eigenvalue weighted by atomic mass is 31.2. The molecule has 24 heavy (non-hydrogen) atoms. The predicted octanol–water partition coefficient (Wildman–Crippen LogP) is -2.56. The fourth-order valence-electron chi connectivity index (χ4n) is 3.16. The lowest BCUT2D eigenvalue weighted by atomic mass is 10.3. The first-order chi connectivity index (χ1) is 10.3. The minimum Gasteiger partial charge on any atom is -0.324 e. The summed E-state index contributed by atoms with van der Waals surface area (Å²) in [5, 5.41) is -0.440. The summed E-state index contributed by atoms with van der Waals surface area (Å²) >= 11 is 0. The van der Waals surface area contributed by atoms with Crippen molar-refractivity contribution >= 4 is 30.5 Å². The van der Waals surface area contributed by atoms with Crippen LogP contribution in [0.3, 0.4) is 0 Å². The van der Waals surface area contributed by atoms with Gasteiger partial charge in [0.1, 0.15) is 0 Å². The van der Waals surface area contributed by atoms with E-state index < -0.39 is 71.1 Å². The number of hydrogen-bond acceptors (Lipinski definition) is 5. The molecule has 2 heterocycles. The molecule has 0 aromatic heterocycles. The van der Waals surface area contributed by atoms with Gasteiger partial charge in [-0.25, -0.2) is 14.1 Å². The van der Waals surface area contributed by atoms with Crippen LogP contribution >= 0.6 is 30.5 Å². The summed E-state index contributed by atoms with van der Waals surface area (Å²) < 4.78 is 44.3. The molecule has 0 bridgehead atoms. The Morgan fingerprint density at radius 3 is 1.71 bits per heavy atom. The molecule has 9 N–H and O–H groups in total. The Bertz CT molecular complexity index is 747. The molecular weight excluding hydrogens is 416 g/mol. The van der Waals surface area contributed by atoms with Crippen molar-refractivity contribution in [3.05, 3.63) is 0 Å². The van der Waals surface area contributed by atoms with E-state index in [9.17, 15) is 37.8 Å². The normalized spacial score (nSPS) is 36.8. The Labute approximate surface area is 134 Å². The summed E-state index contributed by atoms with van der Waals surface area (Å²) in [6.45, 7) is -1.47. The van der Waals surface area contributed by atoms with Gasteiger partial charge in [-0.2, -0.15) is 0 Å². The summed E-state index contributed by atoms with van der Waals surface area (Å²) in [5.41, 5.74) is -2.05. The summed E-state index contributed by atoms with van der Waals surface area (Å²) in [4.78, 5) is 73.8. The molecule has 0 aromatic rings. The quantitative estimate of drug-likeness (QED) is 0.148. The second-order valence-corrected chi connectivity index (χ2v) is 13.0. The SMILES string of the molecule is O=P(O)(O)CC[N+]1(P(=O)(O)O)CC12NC2(CP(=O)(O)O)P(=O)(O)O. The van der Waals surface area contributed by atoms with E-state index >= 15 is 0 Å². The van der Waals surface area contributed by atoms with Crippen molar-refractivity contribution in [1.29, 1.82) is 0 Å². The minimum atomic E-state index is -5.28. The zero-order chi connectivity index (χ0) is 19.0. The van der Waals surface area contributed by atoms with Crippen molar-refractivity contribution in [3.63, 3.8) is 0 Å². The fourth-order valence-corrected chi connectivity index (χ4v) is 8.71. The third kappa shape index (κ3) is 3.15. The van der Waals surface area contributed by atoms with Crippen LogP contribution < -0.4 is 5.32 Å². The van der Waals surface area contributed by atoms with E-state index in [4.69, 9.17) is 19.6 Å². The van der Waals surface area contributed by atoms with Gasteiger partial charge in [-0.1, -0.05) is 0 Å². The van der Waals surface area contributed by atoms with Crippen LogP contribution in [0.1, 0.15) is 0 Å². The van der Waals surface area contributed by atoms with Crippen LogP contribution in [0.4, 0.5) is 0 Å². The Hall–Kier alpha value is 0.520. The molecule has 14 nitrogen and oxygen atoms in total. The molecule has 0 radical (unpaired) electrons. The molecule has 1 spiro atoms. The second kappa shape index (κ2) is 5.28. The van der Waals surface area contributed by atoms with Gasteiger partial charge in [-0.05, 0) is 0 Å². The van der Waals surface area contributed by atoms with Crippen molar-refractivity contribution in [1.82, 2.24) is 5.32 Å². The van der Waals surface area contributed by atoms with Gasteiger partial charge in [0.15, 0.2) is 6.54 Å². The molecule has 18 heteroatoms. The largest absolute Gasteiger partial charge is 0.528 e. The molecule has 2 fully saturated rings. The highest BCUT2D eigenvalue weighted by Gasteiger charge is 3.01. The van der Waals surface area contributed by atoms with Gasteiger partial charge in [0.25, 0.3) is 0 Å². The van der Waals surface area contributed by atoms with Crippen LogP contribution in [0.15, 0.2) is 0 Å². The average molecular weight is 433 g/mol. The van der Waals surface area contributed by atoms with Gasteiger partial charge in [0, 0.05) is 0 Å². The lowest BCUT2D eigenvalue weighted by Crippen LogP contribution is -2.35. The van der Waals surface area contributed by atoms with Crippen LogP contribution in [0.5, 0.6) is 0 Å².